The molecule has 0 aliphatic carbocycles. The van der Waals surface area contributed by atoms with Crippen LogP contribution in [0, 0.1) is 0 Å². The van der Waals surface area contributed by atoms with Crippen LogP contribution >= 0.6 is 0 Å². The first-order valence-electron chi connectivity index (χ1n) is 6.73. The van der Waals surface area contributed by atoms with Crippen molar-refractivity contribution in [2.45, 2.75) is 46.5 Å². The molecule has 2 heteroatoms. The van der Waals surface area contributed by atoms with Crippen LogP contribution < -0.4 is 5.32 Å². The third kappa shape index (κ3) is 7.01. The molecule has 1 rings (SSSR count). The van der Waals surface area contributed by atoms with Crippen LogP contribution in [-0.4, -0.2) is 18.2 Å². The Morgan fingerprint density at radius 1 is 1.29 bits per heavy atom. The predicted octanol–water partition coefficient (Wildman–Crippen LogP) is 3.91. The van der Waals surface area contributed by atoms with E-state index in [0.29, 0.717) is 11.7 Å². The van der Waals surface area contributed by atoms with Gasteiger partial charge in [-0.05, 0) is 49.5 Å². The van der Waals surface area contributed by atoms with Crippen molar-refractivity contribution in [3.05, 3.63) is 29.8 Å². The highest BCUT2D eigenvalue weighted by atomic mass is 16.3. The standard InChI is InChI=1S/C13H21NO.C2H6/c1-3-14-9-5-6-11(2)12-7-4-8-13(15)10-12;1-2/h4,7-8,10-11,14-15H,3,5-6,9H2,1-2H3;1-2H3. The van der Waals surface area contributed by atoms with Crippen LogP contribution in [0.3, 0.4) is 0 Å². The van der Waals surface area contributed by atoms with Gasteiger partial charge in [0.25, 0.3) is 0 Å². The Bertz CT molecular complexity index is 286. The lowest BCUT2D eigenvalue weighted by Crippen LogP contribution is -2.14. The van der Waals surface area contributed by atoms with E-state index >= 15 is 0 Å². The van der Waals surface area contributed by atoms with Gasteiger partial charge in [0.1, 0.15) is 5.75 Å². The molecule has 0 saturated heterocycles. The maximum absolute atomic E-state index is 9.36. The molecule has 98 valence electrons. The SMILES string of the molecule is CC.CCNCCCC(C)c1cccc(O)c1. The minimum atomic E-state index is 0.367. The van der Waals surface area contributed by atoms with Crippen LogP contribution in [0.15, 0.2) is 24.3 Å². The van der Waals surface area contributed by atoms with E-state index in [9.17, 15) is 5.11 Å². The lowest BCUT2D eigenvalue weighted by Gasteiger charge is -2.12. The fourth-order valence-corrected chi connectivity index (χ4v) is 1.71. The zero-order valence-electron chi connectivity index (χ0n) is 11.7. The fourth-order valence-electron chi connectivity index (χ4n) is 1.71. The van der Waals surface area contributed by atoms with Gasteiger partial charge in [-0.3, -0.25) is 0 Å². The molecule has 1 atom stereocenters. The molecule has 0 spiro atoms. The van der Waals surface area contributed by atoms with E-state index in [1.807, 2.05) is 26.0 Å². The van der Waals surface area contributed by atoms with E-state index in [0.717, 1.165) is 19.5 Å². The van der Waals surface area contributed by atoms with Gasteiger partial charge in [0, 0.05) is 0 Å². The summed E-state index contributed by atoms with van der Waals surface area (Å²) in [6.45, 7) is 10.5. The molecule has 0 bridgehead atoms. The van der Waals surface area contributed by atoms with Crippen LogP contribution in [0.2, 0.25) is 0 Å². The maximum atomic E-state index is 9.36. The zero-order valence-corrected chi connectivity index (χ0v) is 11.7. The summed E-state index contributed by atoms with van der Waals surface area (Å²) in [5.41, 5.74) is 1.23. The third-order valence-electron chi connectivity index (χ3n) is 2.68. The van der Waals surface area contributed by atoms with E-state index in [1.165, 1.54) is 12.0 Å². The highest BCUT2D eigenvalue weighted by Crippen LogP contribution is 2.23. The van der Waals surface area contributed by atoms with Gasteiger partial charge in [-0.25, -0.2) is 0 Å². The van der Waals surface area contributed by atoms with Crippen LogP contribution in [0.4, 0.5) is 0 Å². The number of hydrogen-bond donors (Lipinski definition) is 2. The second-order valence-corrected chi connectivity index (χ2v) is 3.99. The summed E-state index contributed by atoms with van der Waals surface area (Å²) in [6.07, 6.45) is 2.35. The molecule has 1 aromatic rings. The molecule has 1 aromatic carbocycles. The van der Waals surface area contributed by atoms with Crippen molar-refractivity contribution in [2.75, 3.05) is 13.1 Å². The lowest BCUT2D eigenvalue weighted by atomic mass is 9.96. The Morgan fingerprint density at radius 2 is 2.00 bits per heavy atom. The first-order valence-corrected chi connectivity index (χ1v) is 6.73. The lowest BCUT2D eigenvalue weighted by molar-refractivity contribution is 0.473. The molecule has 2 N–H and O–H groups in total. The monoisotopic (exact) mass is 237 g/mol. The molecule has 17 heavy (non-hydrogen) atoms. The number of phenolic OH excluding ortho intramolecular Hbond substituents is 1. The molecule has 0 radical (unpaired) electrons. The van der Waals surface area contributed by atoms with Gasteiger partial charge >= 0.3 is 0 Å². The van der Waals surface area contributed by atoms with E-state index in [2.05, 4.69) is 25.2 Å². The van der Waals surface area contributed by atoms with Gasteiger partial charge in [0.05, 0.1) is 0 Å². The van der Waals surface area contributed by atoms with Crippen molar-refractivity contribution >= 4 is 0 Å². The number of hydrogen-bond acceptors (Lipinski definition) is 2. The first kappa shape index (κ1) is 16.0. The number of nitrogens with one attached hydrogen (secondary N) is 1. The average molecular weight is 237 g/mol. The highest BCUT2D eigenvalue weighted by molar-refractivity contribution is 5.29. The van der Waals surface area contributed by atoms with Gasteiger partial charge in [0.2, 0.25) is 0 Å². The average Bonchev–Trinajstić information content (AvgIpc) is 2.37. The number of rotatable bonds is 6. The van der Waals surface area contributed by atoms with Gasteiger partial charge in [0.15, 0.2) is 0 Å². The van der Waals surface area contributed by atoms with Crippen LogP contribution in [0.25, 0.3) is 0 Å². The summed E-state index contributed by atoms with van der Waals surface area (Å²) in [5, 5.41) is 12.7. The van der Waals surface area contributed by atoms with Gasteiger partial charge in [-0.2, -0.15) is 0 Å². The molecule has 0 saturated carbocycles. The van der Waals surface area contributed by atoms with Crippen LogP contribution in [0.5, 0.6) is 5.75 Å². The van der Waals surface area contributed by atoms with Crippen molar-refractivity contribution in [1.29, 1.82) is 0 Å². The van der Waals surface area contributed by atoms with E-state index in [-0.39, 0.29) is 0 Å². The highest BCUT2D eigenvalue weighted by Gasteiger charge is 2.05. The Labute approximate surface area is 106 Å². The molecular weight excluding hydrogens is 210 g/mol. The van der Waals surface area contributed by atoms with E-state index in [4.69, 9.17) is 0 Å². The van der Waals surface area contributed by atoms with Crippen molar-refractivity contribution in [3.8, 4) is 5.75 Å². The number of benzene rings is 1. The van der Waals surface area contributed by atoms with Crippen LogP contribution in [-0.2, 0) is 0 Å². The molecule has 2 nitrogen and oxygen atoms in total. The quantitative estimate of drug-likeness (QED) is 0.735. The summed E-state index contributed by atoms with van der Waals surface area (Å²) < 4.78 is 0. The third-order valence-corrected chi connectivity index (χ3v) is 2.68. The second-order valence-electron chi connectivity index (χ2n) is 3.99. The van der Waals surface area contributed by atoms with Gasteiger partial charge in [-0.15, -0.1) is 0 Å². The Morgan fingerprint density at radius 3 is 2.59 bits per heavy atom. The fraction of sp³-hybridized carbons (Fsp3) is 0.600. The topological polar surface area (TPSA) is 32.3 Å². The molecule has 0 aliphatic rings. The Hall–Kier alpha value is -1.02. The molecular formula is C15H27NO. The van der Waals surface area contributed by atoms with Crippen LogP contribution in [0.1, 0.15) is 52.0 Å². The van der Waals surface area contributed by atoms with Crippen molar-refractivity contribution in [1.82, 2.24) is 5.32 Å². The normalized spacial score (nSPS) is 11.5. The molecule has 0 aliphatic heterocycles. The summed E-state index contributed by atoms with van der Waals surface area (Å²) in [6, 6.07) is 7.57. The Balaban J connectivity index is 0.00000121. The molecule has 0 amide bonds. The van der Waals surface area contributed by atoms with E-state index in [1.54, 1.807) is 6.07 Å². The largest absolute Gasteiger partial charge is 0.508 e. The molecule has 0 aromatic heterocycles. The number of phenols is 1. The summed E-state index contributed by atoms with van der Waals surface area (Å²) in [4.78, 5) is 0. The minimum absolute atomic E-state index is 0.367. The Kier molecular flexibility index (Phi) is 9.55. The molecule has 0 fully saturated rings. The zero-order chi connectivity index (χ0) is 13.1. The predicted molar refractivity (Wildman–Crippen MR) is 75.6 cm³/mol. The van der Waals surface area contributed by atoms with Crippen molar-refractivity contribution in [3.63, 3.8) is 0 Å². The molecule has 0 heterocycles. The summed E-state index contributed by atoms with van der Waals surface area (Å²) in [7, 11) is 0. The van der Waals surface area contributed by atoms with Gasteiger partial charge < -0.3 is 10.4 Å². The summed E-state index contributed by atoms with van der Waals surface area (Å²) >= 11 is 0. The summed E-state index contributed by atoms with van der Waals surface area (Å²) in [5.74, 6) is 0.891. The smallest absolute Gasteiger partial charge is 0.115 e. The van der Waals surface area contributed by atoms with E-state index < -0.39 is 0 Å². The van der Waals surface area contributed by atoms with Gasteiger partial charge in [-0.1, -0.05) is 39.8 Å². The minimum Gasteiger partial charge on any atom is -0.508 e. The molecule has 1 unspecified atom stereocenters. The van der Waals surface area contributed by atoms with Crippen molar-refractivity contribution in [2.24, 2.45) is 0 Å². The van der Waals surface area contributed by atoms with Crippen molar-refractivity contribution < 1.29 is 5.11 Å². The maximum Gasteiger partial charge on any atom is 0.115 e. The number of aromatic hydroxyl groups is 1. The first-order chi connectivity index (χ1) is 8.24. The second kappa shape index (κ2) is 10.2.